The molecule has 0 fully saturated rings. The Bertz CT molecular complexity index is 508. The van der Waals surface area contributed by atoms with Gasteiger partial charge in [0.25, 0.3) is 0 Å². The molecule has 0 heterocycles. The van der Waals surface area contributed by atoms with Gasteiger partial charge in [0.05, 0.1) is 27.3 Å². The SMILES string of the molecule is CC(NCC(=O)Nc1cc(Cl)c(Cl)cc1Cl)C(=O)O. The van der Waals surface area contributed by atoms with Crippen molar-refractivity contribution >= 4 is 52.4 Å². The van der Waals surface area contributed by atoms with Gasteiger partial charge in [0.1, 0.15) is 6.04 Å². The fraction of sp³-hybridized carbons (Fsp3) is 0.273. The number of carboxylic acids is 1. The predicted molar refractivity (Wildman–Crippen MR) is 75.2 cm³/mol. The van der Waals surface area contributed by atoms with Gasteiger partial charge in [-0.3, -0.25) is 14.9 Å². The van der Waals surface area contributed by atoms with E-state index in [1.165, 1.54) is 19.1 Å². The number of benzene rings is 1. The van der Waals surface area contributed by atoms with Crippen molar-refractivity contribution in [2.75, 3.05) is 11.9 Å². The van der Waals surface area contributed by atoms with Crippen LogP contribution in [0, 0.1) is 0 Å². The van der Waals surface area contributed by atoms with Crippen LogP contribution < -0.4 is 10.6 Å². The summed E-state index contributed by atoms with van der Waals surface area (Å²) in [5, 5.41) is 14.5. The van der Waals surface area contributed by atoms with Crippen molar-refractivity contribution < 1.29 is 14.7 Å². The molecule has 0 spiro atoms. The van der Waals surface area contributed by atoms with Gasteiger partial charge in [0.2, 0.25) is 5.91 Å². The molecule has 5 nitrogen and oxygen atoms in total. The number of halogens is 3. The number of hydrogen-bond donors (Lipinski definition) is 3. The Morgan fingerprint density at radius 2 is 1.79 bits per heavy atom. The summed E-state index contributed by atoms with van der Waals surface area (Å²) in [6.07, 6.45) is 0. The zero-order chi connectivity index (χ0) is 14.6. The van der Waals surface area contributed by atoms with E-state index < -0.39 is 17.9 Å². The van der Waals surface area contributed by atoms with Crippen molar-refractivity contribution in [1.29, 1.82) is 0 Å². The van der Waals surface area contributed by atoms with Crippen LogP contribution in [0.1, 0.15) is 6.92 Å². The molecule has 0 bridgehead atoms. The minimum absolute atomic E-state index is 0.163. The van der Waals surface area contributed by atoms with Gasteiger partial charge in [-0.2, -0.15) is 0 Å². The Balaban J connectivity index is 2.62. The van der Waals surface area contributed by atoms with E-state index in [4.69, 9.17) is 39.9 Å². The molecule has 1 aromatic carbocycles. The maximum absolute atomic E-state index is 11.6. The summed E-state index contributed by atoms with van der Waals surface area (Å²) < 4.78 is 0. The van der Waals surface area contributed by atoms with Crippen LogP contribution in [0.3, 0.4) is 0 Å². The predicted octanol–water partition coefficient (Wildman–Crippen LogP) is 2.65. The molecule has 1 amide bonds. The lowest BCUT2D eigenvalue weighted by molar-refractivity contribution is -0.139. The highest BCUT2D eigenvalue weighted by Crippen LogP contribution is 2.32. The summed E-state index contributed by atoms with van der Waals surface area (Å²) in [7, 11) is 0. The minimum atomic E-state index is -1.04. The third-order valence-corrected chi connectivity index (χ3v) is 3.26. The fourth-order valence-corrected chi connectivity index (χ4v) is 1.74. The Hall–Kier alpha value is -1.01. The van der Waals surface area contributed by atoms with Crippen LogP contribution in [0.5, 0.6) is 0 Å². The number of carboxylic acid groups (broad SMARTS) is 1. The van der Waals surface area contributed by atoms with E-state index in [1.54, 1.807) is 0 Å². The minimum Gasteiger partial charge on any atom is -0.480 e. The molecule has 0 radical (unpaired) electrons. The number of nitrogens with one attached hydrogen (secondary N) is 2. The number of anilines is 1. The monoisotopic (exact) mass is 324 g/mol. The van der Waals surface area contributed by atoms with E-state index in [1.807, 2.05) is 0 Å². The largest absolute Gasteiger partial charge is 0.480 e. The van der Waals surface area contributed by atoms with E-state index in [9.17, 15) is 9.59 Å². The van der Waals surface area contributed by atoms with Gasteiger partial charge in [-0.25, -0.2) is 0 Å². The standard InChI is InChI=1S/C11H11Cl3N2O3/c1-5(11(18)19)15-4-10(17)16-9-3-7(13)6(12)2-8(9)14/h2-3,5,15H,4H2,1H3,(H,16,17)(H,18,19). The number of carbonyl (C=O) groups is 2. The summed E-state index contributed by atoms with van der Waals surface area (Å²) in [5.41, 5.74) is 0.311. The topological polar surface area (TPSA) is 78.4 Å². The Morgan fingerprint density at radius 3 is 2.37 bits per heavy atom. The zero-order valence-electron chi connectivity index (χ0n) is 9.84. The molecule has 1 unspecified atom stereocenters. The van der Waals surface area contributed by atoms with Crippen LogP contribution in [0.4, 0.5) is 5.69 Å². The molecular weight excluding hydrogens is 314 g/mol. The third kappa shape index (κ3) is 4.87. The summed E-state index contributed by atoms with van der Waals surface area (Å²) >= 11 is 17.4. The van der Waals surface area contributed by atoms with Crippen molar-refractivity contribution in [2.24, 2.45) is 0 Å². The van der Waals surface area contributed by atoms with Crippen LogP contribution >= 0.6 is 34.8 Å². The van der Waals surface area contributed by atoms with E-state index in [0.717, 1.165) is 0 Å². The molecule has 1 rings (SSSR count). The second-order valence-electron chi connectivity index (χ2n) is 3.74. The maximum Gasteiger partial charge on any atom is 0.320 e. The Morgan fingerprint density at radius 1 is 1.21 bits per heavy atom. The summed E-state index contributed by atoms with van der Waals surface area (Å²) in [6, 6.07) is 2.01. The molecule has 0 aliphatic rings. The first-order valence-corrected chi connectivity index (χ1v) is 6.35. The number of amides is 1. The summed E-state index contributed by atoms with van der Waals surface area (Å²) in [4.78, 5) is 22.1. The van der Waals surface area contributed by atoms with Crippen LogP contribution in [0.2, 0.25) is 15.1 Å². The molecule has 104 valence electrons. The highest BCUT2D eigenvalue weighted by molar-refractivity contribution is 6.44. The smallest absolute Gasteiger partial charge is 0.320 e. The number of rotatable bonds is 5. The van der Waals surface area contributed by atoms with E-state index >= 15 is 0 Å². The van der Waals surface area contributed by atoms with Crippen molar-refractivity contribution in [3.05, 3.63) is 27.2 Å². The van der Waals surface area contributed by atoms with Crippen LogP contribution in [0.15, 0.2) is 12.1 Å². The van der Waals surface area contributed by atoms with Crippen molar-refractivity contribution in [2.45, 2.75) is 13.0 Å². The molecule has 0 aliphatic heterocycles. The van der Waals surface area contributed by atoms with Gasteiger partial charge < -0.3 is 10.4 Å². The average molecular weight is 326 g/mol. The normalized spacial score (nSPS) is 12.0. The molecule has 8 heteroatoms. The van der Waals surface area contributed by atoms with Crippen molar-refractivity contribution in [3.8, 4) is 0 Å². The van der Waals surface area contributed by atoms with Crippen molar-refractivity contribution in [1.82, 2.24) is 5.32 Å². The summed E-state index contributed by atoms with van der Waals surface area (Å²) in [5.74, 6) is -1.48. The first-order valence-electron chi connectivity index (χ1n) is 5.22. The van der Waals surface area contributed by atoms with Gasteiger partial charge in [-0.1, -0.05) is 34.8 Å². The van der Waals surface area contributed by atoms with Crippen LogP contribution in [0.25, 0.3) is 0 Å². The molecule has 0 aromatic heterocycles. The third-order valence-electron chi connectivity index (χ3n) is 2.22. The lowest BCUT2D eigenvalue weighted by Crippen LogP contribution is -2.39. The first-order chi connectivity index (χ1) is 8.81. The van der Waals surface area contributed by atoms with Gasteiger partial charge in [0, 0.05) is 0 Å². The highest BCUT2D eigenvalue weighted by atomic mass is 35.5. The molecule has 3 N–H and O–H groups in total. The van der Waals surface area contributed by atoms with E-state index in [-0.39, 0.29) is 21.6 Å². The van der Waals surface area contributed by atoms with Gasteiger partial charge in [0.15, 0.2) is 0 Å². The highest BCUT2D eigenvalue weighted by Gasteiger charge is 2.13. The lowest BCUT2D eigenvalue weighted by Gasteiger charge is -2.11. The number of carbonyl (C=O) groups excluding carboxylic acids is 1. The molecule has 0 saturated carbocycles. The number of hydrogen-bond acceptors (Lipinski definition) is 3. The van der Waals surface area contributed by atoms with E-state index in [0.29, 0.717) is 5.69 Å². The van der Waals surface area contributed by atoms with Crippen molar-refractivity contribution in [3.63, 3.8) is 0 Å². The molecule has 0 saturated heterocycles. The maximum atomic E-state index is 11.6. The fourth-order valence-electron chi connectivity index (χ4n) is 1.15. The first kappa shape index (κ1) is 16.0. The van der Waals surface area contributed by atoms with Crippen LogP contribution in [-0.4, -0.2) is 29.6 Å². The molecule has 19 heavy (non-hydrogen) atoms. The summed E-state index contributed by atoms with van der Waals surface area (Å²) in [6.45, 7) is 1.27. The zero-order valence-corrected chi connectivity index (χ0v) is 12.1. The second kappa shape index (κ2) is 6.96. The van der Waals surface area contributed by atoms with Gasteiger partial charge in [-0.05, 0) is 19.1 Å². The Kier molecular flexibility index (Phi) is 5.87. The van der Waals surface area contributed by atoms with E-state index in [2.05, 4.69) is 10.6 Å². The average Bonchev–Trinajstić information content (AvgIpc) is 2.32. The molecular formula is C11H11Cl3N2O3. The van der Waals surface area contributed by atoms with Crippen LogP contribution in [-0.2, 0) is 9.59 Å². The molecule has 1 aromatic rings. The molecule has 0 aliphatic carbocycles. The Labute approximate surface area is 124 Å². The number of aliphatic carboxylic acids is 1. The molecule has 1 atom stereocenters. The van der Waals surface area contributed by atoms with Gasteiger partial charge in [-0.15, -0.1) is 0 Å². The quantitative estimate of drug-likeness (QED) is 0.727. The lowest BCUT2D eigenvalue weighted by atomic mass is 10.3. The second-order valence-corrected chi connectivity index (χ2v) is 4.96. The van der Waals surface area contributed by atoms with Gasteiger partial charge >= 0.3 is 5.97 Å².